The van der Waals surface area contributed by atoms with Crippen LogP contribution in [-0.2, 0) is 10.0 Å². The van der Waals surface area contributed by atoms with Crippen molar-refractivity contribution in [3.63, 3.8) is 0 Å². The number of rotatable bonds is 4. The Morgan fingerprint density at radius 3 is 2.86 bits per heavy atom. The van der Waals surface area contributed by atoms with Gasteiger partial charge in [-0.25, -0.2) is 4.68 Å². The second kappa shape index (κ2) is 6.35. The minimum absolute atomic E-state index is 0.0313. The number of fused-ring (bicyclic) bond motifs is 2. The molecule has 8 nitrogen and oxygen atoms in total. The molecule has 147 valence electrons. The Morgan fingerprint density at radius 1 is 1.28 bits per heavy atom. The molecule has 2 aliphatic rings. The summed E-state index contributed by atoms with van der Waals surface area (Å²) in [6.45, 7) is 0.616. The molecule has 0 saturated heterocycles. The molecule has 1 aliphatic heterocycles. The normalized spacial score (nSPS) is 17.3. The number of para-hydroxylation sites is 1. The minimum atomic E-state index is -4.04. The molecule has 2 heterocycles. The molecule has 0 amide bonds. The number of hydrogen-bond donors (Lipinski definition) is 3. The fraction of sp³-hybridized carbons (Fsp3) is 0.200. The van der Waals surface area contributed by atoms with Gasteiger partial charge in [-0.1, -0.05) is 18.2 Å². The van der Waals surface area contributed by atoms with Crippen molar-refractivity contribution < 1.29 is 13.5 Å². The summed E-state index contributed by atoms with van der Waals surface area (Å²) in [5.74, 6) is -0.0204. The van der Waals surface area contributed by atoms with Gasteiger partial charge in [0.2, 0.25) is 0 Å². The summed E-state index contributed by atoms with van der Waals surface area (Å²) in [5.41, 5.74) is 3.13. The monoisotopic (exact) mass is 409 g/mol. The van der Waals surface area contributed by atoms with E-state index in [1.165, 1.54) is 16.8 Å². The summed E-state index contributed by atoms with van der Waals surface area (Å²) >= 11 is 0. The van der Waals surface area contributed by atoms with Crippen LogP contribution < -0.4 is 16.3 Å². The summed E-state index contributed by atoms with van der Waals surface area (Å²) in [4.78, 5) is 13.2. The number of amidine groups is 1. The molecule has 1 aliphatic carbocycles. The van der Waals surface area contributed by atoms with Crippen LogP contribution in [0.5, 0.6) is 5.75 Å². The average Bonchev–Trinajstić information content (AvgIpc) is 3.52. The first-order chi connectivity index (χ1) is 14.0. The van der Waals surface area contributed by atoms with Crippen LogP contribution in [0.15, 0.2) is 56.6 Å². The molecule has 0 bridgehead atoms. The van der Waals surface area contributed by atoms with Crippen molar-refractivity contribution in [3.8, 4) is 5.75 Å². The van der Waals surface area contributed by atoms with Gasteiger partial charge in [0.05, 0.1) is 11.2 Å². The molecular weight excluding hydrogens is 392 g/mol. The molecule has 3 aromatic rings. The highest BCUT2D eigenvalue weighted by atomic mass is 32.2. The third kappa shape index (κ3) is 2.94. The lowest BCUT2D eigenvalue weighted by atomic mass is 10.1. The molecule has 5 rings (SSSR count). The number of aromatic nitrogens is 1. The Kier molecular flexibility index (Phi) is 3.88. The number of anilines is 1. The fourth-order valence-corrected chi connectivity index (χ4v) is 4.49. The van der Waals surface area contributed by atoms with Crippen LogP contribution in [0, 0.1) is 12.0 Å². The van der Waals surface area contributed by atoms with Gasteiger partial charge in [0.1, 0.15) is 16.2 Å². The highest BCUT2D eigenvalue weighted by Gasteiger charge is 2.30. The van der Waals surface area contributed by atoms with Gasteiger partial charge in [-0.15, -0.1) is 4.40 Å². The average molecular weight is 409 g/mol. The van der Waals surface area contributed by atoms with Crippen molar-refractivity contribution in [1.82, 2.24) is 4.68 Å². The van der Waals surface area contributed by atoms with Crippen LogP contribution in [0.1, 0.15) is 18.4 Å². The lowest BCUT2D eigenvalue weighted by molar-refractivity contribution is 0.478. The van der Waals surface area contributed by atoms with Crippen molar-refractivity contribution in [1.29, 1.82) is 0 Å². The molecule has 3 N–H and O–H groups in total. The molecule has 0 spiro atoms. The van der Waals surface area contributed by atoms with E-state index in [0.29, 0.717) is 23.4 Å². The van der Waals surface area contributed by atoms with Crippen LogP contribution in [0.25, 0.3) is 10.9 Å². The maximum atomic E-state index is 13.3. The first-order valence-corrected chi connectivity index (χ1v) is 10.6. The van der Waals surface area contributed by atoms with Crippen molar-refractivity contribution in [2.24, 2.45) is 10.3 Å². The highest BCUT2D eigenvalue weighted by molar-refractivity contribution is 7.90. The van der Waals surface area contributed by atoms with E-state index in [-0.39, 0.29) is 27.7 Å². The summed E-state index contributed by atoms with van der Waals surface area (Å²) < 4.78 is 30.3. The second-order valence-electron chi connectivity index (χ2n) is 7.15. The zero-order chi connectivity index (χ0) is 20.2. The Balaban J connectivity index is 1.73. The summed E-state index contributed by atoms with van der Waals surface area (Å²) in [7, 11) is -4.04. The number of nitrogens with one attached hydrogen (secondary N) is 2. The number of aromatic hydroxyl groups is 1. The molecule has 1 aromatic heterocycles. The van der Waals surface area contributed by atoms with E-state index in [4.69, 9.17) is 0 Å². The van der Waals surface area contributed by atoms with Crippen molar-refractivity contribution >= 4 is 32.4 Å². The fourth-order valence-electron chi connectivity index (χ4n) is 3.40. The van der Waals surface area contributed by atoms with Gasteiger partial charge in [0, 0.05) is 11.9 Å². The van der Waals surface area contributed by atoms with Gasteiger partial charge in [-0.3, -0.25) is 4.79 Å². The van der Waals surface area contributed by atoms with E-state index in [1.807, 2.05) is 0 Å². The lowest BCUT2D eigenvalue weighted by Crippen LogP contribution is -2.37. The van der Waals surface area contributed by atoms with Crippen molar-refractivity contribution in [3.05, 3.63) is 64.4 Å². The molecule has 0 atom stereocenters. The molecule has 2 aromatic carbocycles. The maximum Gasteiger partial charge on any atom is 0.286 e. The van der Waals surface area contributed by atoms with E-state index in [0.717, 1.165) is 12.8 Å². The van der Waals surface area contributed by atoms with E-state index in [2.05, 4.69) is 21.2 Å². The first-order valence-electron chi connectivity index (χ1n) is 9.19. The predicted octanol–water partition coefficient (Wildman–Crippen LogP) is 2.02. The summed E-state index contributed by atoms with van der Waals surface area (Å²) in [6, 6.07) is 14.0. The standard InChI is InChI=1S/C20H17N4O4S/c25-18-13-5-1-3-7-15(13)24(21-11-12-9-10-12)20(26)17(18)19-22-14-6-2-4-8-16(14)29(27,28)23-19/h1-3,5-8,12,21,25H,9-11H2,(H,22,23). The van der Waals surface area contributed by atoms with Gasteiger partial charge in [-0.05, 0) is 49.1 Å². The maximum absolute atomic E-state index is 13.3. The summed E-state index contributed by atoms with van der Waals surface area (Å²) in [5, 5.41) is 14.1. The Bertz CT molecular complexity index is 1340. The first kappa shape index (κ1) is 17.7. The topological polar surface area (TPSA) is 113 Å². The van der Waals surface area contributed by atoms with E-state index >= 15 is 0 Å². The van der Waals surface area contributed by atoms with Crippen LogP contribution in [0.3, 0.4) is 0 Å². The van der Waals surface area contributed by atoms with Crippen LogP contribution in [0.2, 0.25) is 0 Å². The Hall–Kier alpha value is -3.33. The van der Waals surface area contributed by atoms with Crippen LogP contribution in [0.4, 0.5) is 5.69 Å². The number of sulfonamides is 1. The van der Waals surface area contributed by atoms with Gasteiger partial charge in [0.25, 0.3) is 15.6 Å². The summed E-state index contributed by atoms with van der Waals surface area (Å²) in [6.07, 6.45) is 2.20. The van der Waals surface area contributed by atoms with E-state index in [1.54, 1.807) is 30.3 Å². The Morgan fingerprint density at radius 2 is 2.07 bits per heavy atom. The largest absolute Gasteiger partial charge is 0.506 e. The molecule has 0 unspecified atom stereocenters. The number of benzene rings is 2. The zero-order valence-electron chi connectivity index (χ0n) is 15.2. The molecular formula is C20H17N4O4S. The third-order valence-electron chi connectivity index (χ3n) is 5.09. The van der Waals surface area contributed by atoms with Crippen LogP contribution >= 0.6 is 0 Å². The zero-order valence-corrected chi connectivity index (χ0v) is 16.0. The van der Waals surface area contributed by atoms with E-state index in [9.17, 15) is 18.3 Å². The van der Waals surface area contributed by atoms with Gasteiger partial charge >= 0.3 is 0 Å². The molecule has 1 radical (unpaired) electrons. The van der Waals surface area contributed by atoms with Gasteiger partial charge in [-0.2, -0.15) is 8.42 Å². The molecule has 29 heavy (non-hydrogen) atoms. The number of nitrogens with zero attached hydrogens (tertiary/aromatic N) is 2. The minimum Gasteiger partial charge on any atom is -0.506 e. The second-order valence-corrected chi connectivity index (χ2v) is 8.72. The molecule has 9 heteroatoms. The predicted molar refractivity (Wildman–Crippen MR) is 109 cm³/mol. The lowest BCUT2D eigenvalue weighted by Gasteiger charge is -2.21. The third-order valence-corrected chi connectivity index (χ3v) is 6.41. The molecule has 1 saturated carbocycles. The molecule has 1 fully saturated rings. The van der Waals surface area contributed by atoms with Crippen LogP contribution in [-0.4, -0.2) is 30.6 Å². The quantitative estimate of drug-likeness (QED) is 0.608. The van der Waals surface area contributed by atoms with E-state index < -0.39 is 15.6 Å². The van der Waals surface area contributed by atoms with Crippen molar-refractivity contribution in [2.75, 3.05) is 17.3 Å². The van der Waals surface area contributed by atoms with Gasteiger partial charge < -0.3 is 15.8 Å². The van der Waals surface area contributed by atoms with Crippen molar-refractivity contribution in [2.45, 2.75) is 17.7 Å². The highest BCUT2D eigenvalue weighted by Crippen LogP contribution is 2.32. The Labute approximate surface area is 166 Å². The smallest absolute Gasteiger partial charge is 0.286 e. The number of pyridine rings is 1. The SMILES string of the molecule is O=c1c(C2=NS(=O)(=O)c3c[c]ccc3N2)c(O)c2ccccc2n1NCC1CC1. The number of hydrogen-bond acceptors (Lipinski definition) is 6. The van der Waals surface area contributed by atoms with Gasteiger partial charge in [0.15, 0.2) is 5.84 Å².